The van der Waals surface area contributed by atoms with Gasteiger partial charge in [0.25, 0.3) is 20.2 Å². The molecule has 0 heterocycles. The maximum absolute atomic E-state index is 12.0. The van der Waals surface area contributed by atoms with Crippen molar-refractivity contribution in [3.8, 4) is 11.5 Å². The van der Waals surface area contributed by atoms with E-state index in [1.54, 1.807) is 12.1 Å². The number of ether oxygens (including phenoxy) is 1. The zero-order valence-electron chi connectivity index (χ0n) is 19.3. The summed E-state index contributed by atoms with van der Waals surface area (Å²) in [5.41, 5.74) is 1.45. The lowest BCUT2D eigenvalue weighted by atomic mass is 10.1. The van der Waals surface area contributed by atoms with Crippen LogP contribution in [0, 0.1) is 0 Å². The van der Waals surface area contributed by atoms with Gasteiger partial charge in [-0.3, -0.25) is 9.11 Å². The third-order valence-electron chi connectivity index (χ3n) is 5.43. The molecule has 184 valence electrons. The Bertz CT molecular complexity index is 1030. The quantitative estimate of drug-likeness (QED) is 0.234. The summed E-state index contributed by atoms with van der Waals surface area (Å²) in [4.78, 5) is -0.888. The van der Waals surface area contributed by atoms with Gasteiger partial charge in [-0.25, -0.2) is 0 Å². The normalized spacial score (nSPS) is 12.1. The highest BCUT2D eigenvalue weighted by Gasteiger charge is 2.22. The van der Waals surface area contributed by atoms with E-state index in [-0.39, 0.29) is 11.5 Å². The van der Waals surface area contributed by atoms with Crippen LogP contribution in [0.3, 0.4) is 0 Å². The van der Waals surface area contributed by atoms with Crippen molar-refractivity contribution in [2.45, 2.75) is 87.8 Å². The fourth-order valence-electron chi connectivity index (χ4n) is 3.62. The summed E-state index contributed by atoms with van der Waals surface area (Å²) in [6.45, 7) is 4.20. The predicted molar refractivity (Wildman–Crippen MR) is 128 cm³/mol. The summed E-state index contributed by atoms with van der Waals surface area (Å²) < 4.78 is 73.0. The molecule has 0 saturated carbocycles. The summed E-state index contributed by atoms with van der Waals surface area (Å²) in [7, 11) is -9.24. The van der Waals surface area contributed by atoms with Gasteiger partial charge in [0.15, 0.2) is 0 Å². The van der Waals surface area contributed by atoms with Crippen LogP contribution < -0.4 is 4.74 Å². The number of hydrogen-bond donors (Lipinski definition) is 2. The van der Waals surface area contributed by atoms with E-state index in [2.05, 4.69) is 13.8 Å². The van der Waals surface area contributed by atoms with Crippen LogP contribution in [-0.2, 0) is 33.1 Å². The summed E-state index contributed by atoms with van der Waals surface area (Å²) in [6, 6.07) is 8.84. The van der Waals surface area contributed by atoms with Crippen LogP contribution >= 0.6 is 0 Å². The van der Waals surface area contributed by atoms with Crippen LogP contribution in [0.25, 0.3) is 0 Å². The van der Waals surface area contributed by atoms with E-state index in [1.807, 2.05) is 0 Å². The highest BCUT2D eigenvalue weighted by molar-refractivity contribution is 7.86. The second-order valence-corrected chi connectivity index (χ2v) is 11.0. The number of benzene rings is 2. The summed E-state index contributed by atoms with van der Waals surface area (Å²) in [6.07, 6.45) is 9.40. The zero-order valence-corrected chi connectivity index (χ0v) is 20.9. The van der Waals surface area contributed by atoms with Crippen molar-refractivity contribution in [1.82, 2.24) is 0 Å². The fraction of sp³-hybridized carbons (Fsp3) is 0.500. The Morgan fingerprint density at radius 2 is 1.03 bits per heavy atom. The van der Waals surface area contributed by atoms with Gasteiger partial charge in [0, 0.05) is 0 Å². The second kappa shape index (κ2) is 12.5. The van der Waals surface area contributed by atoms with Crippen LogP contribution in [0.1, 0.15) is 76.3 Å². The Morgan fingerprint density at radius 3 is 1.36 bits per heavy atom. The smallest absolute Gasteiger partial charge is 0.298 e. The molecule has 2 aromatic rings. The number of hydrogen-bond acceptors (Lipinski definition) is 5. The molecule has 0 spiro atoms. The van der Waals surface area contributed by atoms with Crippen LogP contribution in [0.2, 0.25) is 0 Å². The second-order valence-electron chi connectivity index (χ2n) is 8.24. The topological polar surface area (TPSA) is 118 Å². The molecular weight excluding hydrogens is 464 g/mol. The van der Waals surface area contributed by atoms with Gasteiger partial charge < -0.3 is 4.74 Å². The summed E-state index contributed by atoms with van der Waals surface area (Å²) in [5, 5.41) is 0. The van der Waals surface area contributed by atoms with E-state index in [4.69, 9.17) is 4.74 Å². The molecular formula is C24H34O7S2. The first kappa shape index (κ1) is 27.3. The molecule has 0 aliphatic heterocycles. The molecule has 0 atom stereocenters. The lowest BCUT2D eigenvalue weighted by molar-refractivity contribution is 0.433. The van der Waals surface area contributed by atoms with Gasteiger partial charge in [-0.1, -0.05) is 64.5 Å². The SMILES string of the molecule is CCCCCCc1ccc(Oc2ccc(CCCCCC)cc2S(=O)(=O)O)c(S(=O)(=O)O)c1. The van der Waals surface area contributed by atoms with Gasteiger partial charge in [0.05, 0.1) is 0 Å². The minimum absolute atomic E-state index is 0.213. The van der Waals surface area contributed by atoms with E-state index in [0.717, 1.165) is 62.5 Å². The Morgan fingerprint density at radius 1 is 0.636 bits per heavy atom. The third kappa shape index (κ3) is 8.73. The average molecular weight is 499 g/mol. The van der Waals surface area contributed by atoms with Crippen LogP contribution in [0.15, 0.2) is 46.2 Å². The van der Waals surface area contributed by atoms with Gasteiger partial charge in [-0.15, -0.1) is 0 Å². The molecule has 2 aromatic carbocycles. The maximum atomic E-state index is 12.0. The van der Waals surface area contributed by atoms with Crippen molar-refractivity contribution in [2.24, 2.45) is 0 Å². The number of unbranched alkanes of at least 4 members (excludes halogenated alkanes) is 6. The monoisotopic (exact) mass is 498 g/mol. The van der Waals surface area contributed by atoms with Crippen molar-refractivity contribution in [3.63, 3.8) is 0 Å². The molecule has 0 saturated heterocycles. The largest absolute Gasteiger partial charge is 0.454 e. The maximum Gasteiger partial charge on any atom is 0.298 e. The molecule has 33 heavy (non-hydrogen) atoms. The lowest BCUT2D eigenvalue weighted by Gasteiger charge is -2.14. The number of rotatable bonds is 14. The molecule has 0 aliphatic carbocycles. The van der Waals surface area contributed by atoms with E-state index in [0.29, 0.717) is 12.8 Å². The molecule has 0 unspecified atom stereocenters. The Labute approximate surface area is 197 Å². The van der Waals surface area contributed by atoms with Crippen molar-refractivity contribution in [3.05, 3.63) is 47.5 Å². The van der Waals surface area contributed by atoms with Crippen LogP contribution in [0.5, 0.6) is 11.5 Å². The van der Waals surface area contributed by atoms with Crippen molar-refractivity contribution in [1.29, 1.82) is 0 Å². The van der Waals surface area contributed by atoms with Gasteiger partial charge in [0.2, 0.25) is 0 Å². The van der Waals surface area contributed by atoms with E-state index >= 15 is 0 Å². The fourth-order valence-corrected chi connectivity index (χ4v) is 4.95. The minimum atomic E-state index is -4.62. The van der Waals surface area contributed by atoms with E-state index in [9.17, 15) is 25.9 Å². The molecule has 0 bridgehead atoms. The first-order chi connectivity index (χ1) is 15.6. The molecule has 9 heteroatoms. The van der Waals surface area contributed by atoms with Gasteiger partial charge in [-0.2, -0.15) is 16.8 Å². The highest BCUT2D eigenvalue weighted by Crippen LogP contribution is 2.34. The van der Waals surface area contributed by atoms with E-state index in [1.165, 1.54) is 24.3 Å². The molecule has 7 nitrogen and oxygen atoms in total. The molecule has 2 N–H and O–H groups in total. The average Bonchev–Trinajstić information content (AvgIpc) is 2.74. The van der Waals surface area contributed by atoms with Crippen molar-refractivity contribution >= 4 is 20.2 Å². The Kier molecular flexibility index (Phi) is 10.3. The van der Waals surface area contributed by atoms with Crippen LogP contribution in [-0.4, -0.2) is 25.9 Å². The minimum Gasteiger partial charge on any atom is -0.454 e. The highest BCUT2D eigenvalue weighted by atomic mass is 32.2. The summed E-state index contributed by atoms with van der Waals surface area (Å²) in [5.74, 6) is -0.425. The van der Waals surface area contributed by atoms with Crippen molar-refractivity contribution < 1.29 is 30.7 Å². The third-order valence-corrected chi connectivity index (χ3v) is 7.18. The van der Waals surface area contributed by atoms with Gasteiger partial charge in [0.1, 0.15) is 21.3 Å². The van der Waals surface area contributed by atoms with Crippen molar-refractivity contribution in [2.75, 3.05) is 0 Å². The molecule has 2 rings (SSSR count). The summed E-state index contributed by atoms with van der Waals surface area (Å²) >= 11 is 0. The van der Waals surface area contributed by atoms with Crippen LogP contribution in [0.4, 0.5) is 0 Å². The molecule has 0 fully saturated rings. The Balaban J connectivity index is 2.34. The molecule has 0 amide bonds. The van der Waals surface area contributed by atoms with E-state index < -0.39 is 30.0 Å². The molecule has 0 aromatic heterocycles. The first-order valence-corrected chi connectivity index (χ1v) is 14.3. The van der Waals surface area contributed by atoms with Gasteiger partial charge >= 0.3 is 0 Å². The lowest BCUT2D eigenvalue weighted by Crippen LogP contribution is -2.06. The molecule has 0 radical (unpaired) electrons. The van der Waals surface area contributed by atoms with Gasteiger partial charge in [-0.05, 0) is 61.1 Å². The first-order valence-electron chi connectivity index (χ1n) is 11.4. The predicted octanol–water partition coefficient (Wildman–Crippen LogP) is 6.22. The molecule has 0 aliphatic rings. The number of aryl methyl sites for hydroxylation is 2. The Hall–Kier alpha value is -1.94. The zero-order chi connectivity index (χ0) is 24.5. The standard InChI is InChI=1S/C24H34O7S2/c1-3-5-7-9-11-19-13-15-21(23(17-19)32(25,26)27)31-22-16-14-20(12-10-8-6-4-2)18-24(22)33(28,29)30/h13-18H,3-12H2,1-2H3,(H,25,26,27)(H,28,29,30).